The lowest BCUT2D eigenvalue weighted by Gasteiger charge is -2.17. The minimum Gasteiger partial charge on any atom is -0.459 e. The van der Waals surface area contributed by atoms with Crippen LogP contribution in [0.2, 0.25) is 0 Å². The third kappa shape index (κ3) is 5.24. The average Bonchev–Trinajstić information content (AvgIpc) is 2.45. The Morgan fingerprint density at radius 1 is 1.10 bits per heavy atom. The van der Waals surface area contributed by atoms with Gasteiger partial charge in [-0.2, -0.15) is 0 Å². The molecule has 112 valence electrons. The molecule has 0 spiro atoms. The Balaban J connectivity index is 2.63. The number of anilines is 1. The number of benzene rings is 1. The molecular formula is C17H27NO2. The summed E-state index contributed by atoms with van der Waals surface area (Å²) in [5.74, 6) is -0.204. The number of ether oxygens (including phenoxy) is 1. The quantitative estimate of drug-likeness (QED) is 0.665. The number of hydrogen-bond acceptors (Lipinski definition) is 3. The van der Waals surface area contributed by atoms with Crippen LogP contribution in [0.1, 0.15) is 56.3 Å². The lowest BCUT2D eigenvalue weighted by atomic mass is 10.1. The molecule has 0 saturated heterocycles. The van der Waals surface area contributed by atoms with Crippen molar-refractivity contribution >= 4 is 11.7 Å². The summed E-state index contributed by atoms with van der Waals surface area (Å²) in [6.45, 7) is 4.28. The van der Waals surface area contributed by atoms with Gasteiger partial charge < -0.3 is 9.64 Å². The second kappa shape index (κ2) is 8.62. The van der Waals surface area contributed by atoms with Crippen LogP contribution in [0.5, 0.6) is 0 Å². The van der Waals surface area contributed by atoms with Crippen LogP contribution >= 0.6 is 0 Å². The maximum absolute atomic E-state index is 12.1. The number of hydrogen-bond donors (Lipinski definition) is 0. The summed E-state index contributed by atoms with van der Waals surface area (Å²) in [6.07, 6.45) is 5.25. The van der Waals surface area contributed by atoms with Gasteiger partial charge in [-0.15, -0.1) is 0 Å². The molecule has 0 saturated carbocycles. The first-order chi connectivity index (χ1) is 9.58. The standard InChI is InChI=1S/C17H27NO2/c1-5-7-9-16(8-6-2)20-17(19)14-10-12-15(13-11-14)18(3)4/h10-13,16H,5-9H2,1-4H3. The zero-order chi connectivity index (χ0) is 15.0. The van der Waals surface area contributed by atoms with E-state index < -0.39 is 0 Å². The maximum atomic E-state index is 12.1. The monoisotopic (exact) mass is 277 g/mol. The Morgan fingerprint density at radius 3 is 2.25 bits per heavy atom. The van der Waals surface area contributed by atoms with Crippen molar-refractivity contribution < 1.29 is 9.53 Å². The predicted molar refractivity (Wildman–Crippen MR) is 84.4 cm³/mol. The first kappa shape index (κ1) is 16.5. The summed E-state index contributed by atoms with van der Waals surface area (Å²) in [6, 6.07) is 7.55. The number of rotatable bonds is 8. The van der Waals surface area contributed by atoms with Crippen molar-refractivity contribution in [3.8, 4) is 0 Å². The first-order valence-electron chi connectivity index (χ1n) is 7.56. The van der Waals surface area contributed by atoms with E-state index in [0.717, 1.165) is 37.8 Å². The Labute approximate surface area is 122 Å². The second-order valence-electron chi connectivity index (χ2n) is 5.40. The van der Waals surface area contributed by atoms with Crippen LogP contribution in [0.4, 0.5) is 5.69 Å². The number of unbranched alkanes of at least 4 members (excludes halogenated alkanes) is 1. The molecule has 0 heterocycles. The van der Waals surface area contributed by atoms with E-state index in [0.29, 0.717) is 5.56 Å². The van der Waals surface area contributed by atoms with Gasteiger partial charge in [0.15, 0.2) is 0 Å². The normalized spacial score (nSPS) is 12.0. The highest BCUT2D eigenvalue weighted by Gasteiger charge is 2.15. The fraction of sp³-hybridized carbons (Fsp3) is 0.588. The van der Waals surface area contributed by atoms with Crippen molar-refractivity contribution in [1.29, 1.82) is 0 Å². The van der Waals surface area contributed by atoms with E-state index in [1.54, 1.807) is 0 Å². The molecule has 1 atom stereocenters. The molecule has 3 nitrogen and oxygen atoms in total. The summed E-state index contributed by atoms with van der Waals surface area (Å²) in [7, 11) is 3.96. The average molecular weight is 277 g/mol. The largest absolute Gasteiger partial charge is 0.459 e. The van der Waals surface area contributed by atoms with Crippen LogP contribution in [-0.2, 0) is 4.74 Å². The van der Waals surface area contributed by atoms with Gasteiger partial charge in [0.1, 0.15) is 6.10 Å². The smallest absolute Gasteiger partial charge is 0.338 e. The molecule has 1 aromatic carbocycles. The molecule has 0 aliphatic rings. The van der Waals surface area contributed by atoms with Crippen LogP contribution in [0.25, 0.3) is 0 Å². The number of esters is 1. The van der Waals surface area contributed by atoms with Crippen molar-refractivity contribution in [3.05, 3.63) is 29.8 Å². The molecule has 3 heteroatoms. The van der Waals surface area contributed by atoms with Gasteiger partial charge >= 0.3 is 5.97 Å². The zero-order valence-electron chi connectivity index (χ0n) is 13.2. The lowest BCUT2D eigenvalue weighted by molar-refractivity contribution is 0.0255. The molecule has 0 aliphatic carbocycles. The molecule has 1 aromatic rings. The molecular weight excluding hydrogens is 250 g/mol. The SMILES string of the molecule is CCCCC(CCC)OC(=O)c1ccc(N(C)C)cc1. The van der Waals surface area contributed by atoms with E-state index in [4.69, 9.17) is 4.74 Å². The number of carbonyl (C=O) groups excluding carboxylic acids is 1. The minimum atomic E-state index is -0.204. The summed E-state index contributed by atoms with van der Waals surface area (Å²) in [5, 5.41) is 0. The van der Waals surface area contributed by atoms with Gasteiger partial charge in [-0.3, -0.25) is 0 Å². The zero-order valence-corrected chi connectivity index (χ0v) is 13.2. The molecule has 1 rings (SSSR count). The Hall–Kier alpha value is -1.51. The first-order valence-corrected chi connectivity index (χ1v) is 7.56. The fourth-order valence-electron chi connectivity index (χ4n) is 2.13. The molecule has 0 fully saturated rings. The van der Waals surface area contributed by atoms with Crippen molar-refractivity contribution in [2.75, 3.05) is 19.0 Å². The summed E-state index contributed by atoms with van der Waals surface area (Å²) in [4.78, 5) is 14.1. The molecule has 1 unspecified atom stereocenters. The highest BCUT2D eigenvalue weighted by molar-refractivity contribution is 5.89. The van der Waals surface area contributed by atoms with Gasteiger partial charge in [0.05, 0.1) is 5.56 Å². The van der Waals surface area contributed by atoms with Gasteiger partial charge in [0.2, 0.25) is 0 Å². The molecule has 0 N–H and O–H groups in total. The molecule has 0 aliphatic heterocycles. The summed E-state index contributed by atoms with van der Waals surface area (Å²) in [5.41, 5.74) is 1.71. The Bertz CT molecular complexity index is 398. The molecule has 0 aromatic heterocycles. The van der Waals surface area contributed by atoms with E-state index >= 15 is 0 Å². The molecule has 0 radical (unpaired) electrons. The molecule has 20 heavy (non-hydrogen) atoms. The van der Waals surface area contributed by atoms with E-state index in [1.807, 2.05) is 43.3 Å². The Morgan fingerprint density at radius 2 is 1.75 bits per heavy atom. The molecule has 0 amide bonds. The molecule has 0 bridgehead atoms. The van der Waals surface area contributed by atoms with Crippen LogP contribution in [0.15, 0.2) is 24.3 Å². The van der Waals surface area contributed by atoms with Crippen molar-refractivity contribution in [2.24, 2.45) is 0 Å². The lowest BCUT2D eigenvalue weighted by Crippen LogP contribution is -2.18. The topological polar surface area (TPSA) is 29.5 Å². The third-order valence-electron chi connectivity index (χ3n) is 3.38. The summed E-state index contributed by atoms with van der Waals surface area (Å²) >= 11 is 0. The highest BCUT2D eigenvalue weighted by atomic mass is 16.5. The predicted octanol–water partition coefficient (Wildman–Crippen LogP) is 4.27. The fourth-order valence-corrected chi connectivity index (χ4v) is 2.13. The van der Waals surface area contributed by atoms with Gasteiger partial charge in [-0.05, 0) is 37.1 Å². The highest BCUT2D eigenvalue weighted by Crippen LogP contribution is 2.16. The van der Waals surface area contributed by atoms with Crippen LogP contribution in [0.3, 0.4) is 0 Å². The maximum Gasteiger partial charge on any atom is 0.338 e. The number of nitrogens with zero attached hydrogens (tertiary/aromatic N) is 1. The van der Waals surface area contributed by atoms with Crippen molar-refractivity contribution in [1.82, 2.24) is 0 Å². The van der Waals surface area contributed by atoms with Crippen molar-refractivity contribution in [2.45, 2.75) is 52.1 Å². The van der Waals surface area contributed by atoms with Crippen LogP contribution in [-0.4, -0.2) is 26.2 Å². The second-order valence-corrected chi connectivity index (χ2v) is 5.40. The minimum absolute atomic E-state index is 0.0565. The van der Waals surface area contributed by atoms with Crippen LogP contribution < -0.4 is 4.90 Å². The van der Waals surface area contributed by atoms with Crippen molar-refractivity contribution in [3.63, 3.8) is 0 Å². The van der Waals surface area contributed by atoms with Crippen LogP contribution in [0, 0.1) is 0 Å². The summed E-state index contributed by atoms with van der Waals surface area (Å²) < 4.78 is 5.63. The Kier molecular flexibility index (Phi) is 7.13. The number of carbonyl (C=O) groups is 1. The van der Waals surface area contributed by atoms with E-state index in [2.05, 4.69) is 13.8 Å². The van der Waals surface area contributed by atoms with Gasteiger partial charge in [-0.25, -0.2) is 4.79 Å². The van der Waals surface area contributed by atoms with E-state index in [1.165, 1.54) is 0 Å². The third-order valence-corrected chi connectivity index (χ3v) is 3.38. The van der Waals surface area contributed by atoms with Gasteiger partial charge in [-0.1, -0.05) is 33.1 Å². The van der Waals surface area contributed by atoms with E-state index in [-0.39, 0.29) is 12.1 Å². The van der Waals surface area contributed by atoms with E-state index in [9.17, 15) is 4.79 Å². The van der Waals surface area contributed by atoms with Gasteiger partial charge in [0.25, 0.3) is 0 Å². The van der Waals surface area contributed by atoms with Gasteiger partial charge in [0, 0.05) is 19.8 Å².